The van der Waals surface area contributed by atoms with Crippen LogP contribution in [-0.2, 0) is 20.9 Å². The number of rotatable bonds is 7. The summed E-state index contributed by atoms with van der Waals surface area (Å²) in [7, 11) is 1.78. The topological polar surface area (TPSA) is 59.1 Å². The Bertz CT molecular complexity index is 921. The van der Waals surface area contributed by atoms with Crippen LogP contribution in [0, 0.1) is 6.92 Å². The van der Waals surface area contributed by atoms with Crippen LogP contribution in [0.3, 0.4) is 0 Å². The molecule has 1 aliphatic rings. The summed E-state index contributed by atoms with van der Waals surface area (Å²) in [4.78, 5) is 28.5. The van der Waals surface area contributed by atoms with E-state index in [1.165, 1.54) is 6.92 Å². The highest BCUT2D eigenvalue weighted by Gasteiger charge is 2.41. The molecular formula is C24H29ClN2O4. The minimum atomic E-state index is -0.917. The number of benzene rings is 2. The van der Waals surface area contributed by atoms with Gasteiger partial charge in [-0.15, -0.1) is 0 Å². The summed E-state index contributed by atoms with van der Waals surface area (Å²) < 4.78 is 12.1. The molecule has 0 saturated carbocycles. The van der Waals surface area contributed by atoms with Gasteiger partial charge in [0.1, 0.15) is 18.0 Å². The second-order valence-electron chi connectivity index (χ2n) is 8.08. The zero-order valence-electron chi connectivity index (χ0n) is 18.3. The number of amides is 2. The van der Waals surface area contributed by atoms with Crippen molar-refractivity contribution in [2.24, 2.45) is 0 Å². The number of nitrogens with zero attached hydrogens (tertiary/aromatic N) is 2. The van der Waals surface area contributed by atoms with Crippen LogP contribution < -0.4 is 4.74 Å². The van der Waals surface area contributed by atoms with Crippen molar-refractivity contribution >= 4 is 23.4 Å². The standard InChI is InChI=1S/C24H29ClN2O4/c1-18-13-21(9-10-22(18)25)30-17-24(16-27(19(2)28)11-12-31-24)14-23(29)26(3)15-20-7-5-4-6-8-20/h4-10,13H,11-12,14-17H2,1-3H3/t24-/m0/s1. The van der Waals surface area contributed by atoms with Gasteiger partial charge in [0, 0.05) is 32.1 Å². The first kappa shape index (κ1) is 23.1. The molecule has 1 fully saturated rings. The molecule has 6 nitrogen and oxygen atoms in total. The van der Waals surface area contributed by atoms with Crippen LogP contribution in [0.1, 0.15) is 24.5 Å². The Morgan fingerprint density at radius 1 is 1.23 bits per heavy atom. The first-order chi connectivity index (χ1) is 14.8. The Morgan fingerprint density at radius 2 is 1.97 bits per heavy atom. The fourth-order valence-corrected chi connectivity index (χ4v) is 3.75. The highest BCUT2D eigenvalue weighted by molar-refractivity contribution is 6.31. The number of hydrogen-bond donors (Lipinski definition) is 0. The molecule has 1 heterocycles. The lowest BCUT2D eigenvalue weighted by Gasteiger charge is -2.42. The predicted molar refractivity (Wildman–Crippen MR) is 120 cm³/mol. The third-order valence-electron chi connectivity index (χ3n) is 5.49. The summed E-state index contributed by atoms with van der Waals surface area (Å²) in [6.07, 6.45) is 0.118. The van der Waals surface area contributed by atoms with Gasteiger partial charge in [-0.2, -0.15) is 0 Å². The zero-order chi connectivity index (χ0) is 22.4. The summed E-state index contributed by atoms with van der Waals surface area (Å²) in [6, 6.07) is 15.2. The molecule has 1 aliphatic heterocycles. The lowest BCUT2D eigenvalue weighted by Crippen LogP contribution is -2.57. The second-order valence-corrected chi connectivity index (χ2v) is 8.49. The van der Waals surface area contributed by atoms with Gasteiger partial charge in [0.15, 0.2) is 0 Å². The molecule has 0 N–H and O–H groups in total. The lowest BCUT2D eigenvalue weighted by molar-refractivity contribution is -0.164. The molecule has 0 bridgehead atoms. The minimum Gasteiger partial charge on any atom is -0.490 e. The van der Waals surface area contributed by atoms with Gasteiger partial charge in [0.25, 0.3) is 0 Å². The zero-order valence-corrected chi connectivity index (χ0v) is 19.0. The Morgan fingerprint density at radius 3 is 2.65 bits per heavy atom. The quantitative estimate of drug-likeness (QED) is 0.653. The van der Waals surface area contributed by atoms with Gasteiger partial charge in [-0.25, -0.2) is 0 Å². The number of carbonyl (C=O) groups excluding carboxylic acids is 2. The molecule has 2 aromatic rings. The first-order valence-corrected chi connectivity index (χ1v) is 10.7. The molecule has 0 unspecified atom stereocenters. The summed E-state index contributed by atoms with van der Waals surface area (Å²) in [5.41, 5.74) is 1.04. The van der Waals surface area contributed by atoms with E-state index in [1.54, 1.807) is 29.0 Å². The monoisotopic (exact) mass is 444 g/mol. The lowest BCUT2D eigenvalue weighted by atomic mass is 9.96. The van der Waals surface area contributed by atoms with Crippen molar-refractivity contribution in [3.8, 4) is 5.75 Å². The van der Waals surface area contributed by atoms with Gasteiger partial charge in [-0.3, -0.25) is 9.59 Å². The van der Waals surface area contributed by atoms with E-state index in [0.29, 0.717) is 37.0 Å². The van der Waals surface area contributed by atoms with E-state index in [-0.39, 0.29) is 24.8 Å². The summed E-state index contributed by atoms with van der Waals surface area (Å²) >= 11 is 6.11. The van der Waals surface area contributed by atoms with Crippen LogP contribution >= 0.6 is 11.6 Å². The van der Waals surface area contributed by atoms with Gasteiger partial charge in [-0.05, 0) is 36.2 Å². The summed E-state index contributed by atoms with van der Waals surface area (Å²) in [5.74, 6) is 0.542. The van der Waals surface area contributed by atoms with Crippen LogP contribution in [0.5, 0.6) is 5.75 Å². The number of carbonyl (C=O) groups is 2. The fourth-order valence-electron chi connectivity index (χ4n) is 3.64. The van der Waals surface area contributed by atoms with E-state index in [9.17, 15) is 9.59 Å². The Kier molecular flexibility index (Phi) is 7.57. The van der Waals surface area contributed by atoms with Crippen LogP contribution in [0.4, 0.5) is 0 Å². The Balaban J connectivity index is 1.74. The van der Waals surface area contributed by atoms with Crippen molar-refractivity contribution in [3.05, 3.63) is 64.7 Å². The van der Waals surface area contributed by atoms with Crippen LogP contribution in [0.2, 0.25) is 5.02 Å². The van der Waals surface area contributed by atoms with Crippen molar-refractivity contribution < 1.29 is 19.1 Å². The molecule has 0 aliphatic carbocycles. The van der Waals surface area contributed by atoms with Gasteiger partial charge in [0.05, 0.1) is 19.6 Å². The van der Waals surface area contributed by atoms with Crippen molar-refractivity contribution in [2.45, 2.75) is 32.4 Å². The number of aryl methyl sites for hydroxylation is 1. The fraction of sp³-hybridized carbons (Fsp3) is 0.417. The average Bonchev–Trinajstić information content (AvgIpc) is 2.75. The first-order valence-electron chi connectivity index (χ1n) is 10.3. The third kappa shape index (κ3) is 6.21. The molecule has 0 radical (unpaired) electrons. The Hall–Kier alpha value is -2.57. The number of halogens is 1. The van der Waals surface area contributed by atoms with Crippen molar-refractivity contribution in [1.82, 2.24) is 9.80 Å². The predicted octanol–water partition coefficient (Wildman–Crippen LogP) is 3.69. The molecular weight excluding hydrogens is 416 g/mol. The van der Waals surface area contributed by atoms with Crippen LogP contribution in [0.15, 0.2) is 48.5 Å². The molecule has 1 atom stereocenters. The summed E-state index contributed by atoms with van der Waals surface area (Å²) in [5, 5.41) is 0.663. The van der Waals surface area contributed by atoms with E-state index in [1.807, 2.05) is 43.3 Å². The molecule has 1 saturated heterocycles. The SMILES string of the molecule is CC(=O)N1CCO[C@@](COc2ccc(Cl)c(C)c2)(CC(=O)N(C)Cc2ccccc2)C1. The molecule has 2 aromatic carbocycles. The minimum absolute atomic E-state index is 0.0416. The normalized spacial score (nSPS) is 18.5. The van der Waals surface area contributed by atoms with Crippen LogP contribution in [0.25, 0.3) is 0 Å². The van der Waals surface area contributed by atoms with Gasteiger partial charge in [0.2, 0.25) is 11.8 Å². The molecule has 3 rings (SSSR count). The van der Waals surface area contributed by atoms with Gasteiger partial charge in [-0.1, -0.05) is 41.9 Å². The third-order valence-corrected chi connectivity index (χ3v) is 5.91. The average molecular weight is 445 g/mol. The second kappa shape index (κ2) is 10.2. The highest BCUT2D eigenvalue weighted by atomic mass is 35.5. The van der Waals surface area contributed by atoms with Crippen molar-refractivity contribution in [1.29, 1.82) is 0 Å². The highest BCUT2D eigenvalue weighted by Crippen LogP contribution is 2.27. The molecule has 2 amide bonds. The summed E-state index contributed by atoms with van der Waals surface area (Å²) in [6.45, 7) is 5.26. The number of ether oxygens (including phenoxy) is 2. The van der Waals surface area contributed by atoms with E-state index < -0.39 is 5.60 Å². The van der Waals surface area contributed by atoms with E-state index in [2.05, 4.69) is 0 Å². The van der Waals surface area contributed by atoms with Gasteiger partial charge >= 0.3 is 0 Å². The molecule has 0 aromatic heterocycles. The van der Waals surface area contributed by atoms with Crippen molar-refractivity contribution in [3.63, 3.8) is 0 Å². The molecule has 31 heavy (non-hydrogen) atoms. The number of morpholine rings is 1. The molecule has 166 valence electrons. The maximum atomic E-state index is 13.1. The number of hydrogen-bond acceptors (Lipinski definition) is 4. The smallest absolute Gasteiger partial charge is 0.225 e. The van der Waals surface area contributed by atoms with Gasteiger partial charge < -0.3 is 19.3 Å². The van der Waals surface area contributed by atoms with Crippen LogP contribution in [-0.4, -0.2) is 60.6 Å². The maximum Gasteiger partial charge on any atom is 0.225 e. The molecule has 7 heteroatoms. The van der Waals surface area contributed by atoms with E-state index >= 15 is 0 Å². The Labute approximate surface area is 188 Å². The molecule has 0 spiro atoms. The maximum absolute atomic E-state index is 13.1. The van der Waals surface area contributed by atoms with Crippen molar-refractivity contribution in [2.75, 3.05) is 33.4 Å². The largest absolute Gasteiger partial charge is 0.490 e. The van der Waals surface area contributed by atoms with E-state index in [4.69, 9.17) is 21.1 Å². The van der Waals surface area contributed by atoms with E-state index in [0.717, 1.165) is 11.1 Å².